The van der Waals surface area contributed by atoms with E-state index in [4.69, 9.17) is 4.74 Å². The van der Waals surface area contributed by atoms with Crippen molar-refractivity contribution in [2.45, 2.75) is 103 Å². The van der Waals surface area contributed by atoms with Gasteiger partial charge >= 0.3 is 0 Å². The minimum Gasteiger partial charge on any atom is -0.498 e. The molecular weight excluding hydrogens is 280 g/mol. The number of allylic oxidation sites excluding steroid dienone is 1. The Morgan fingerprint density at radius 3 is 2.04 bits per heavy atom. The van der Waals surface area contributed by atoms with E-state index >= 15 is 0 Å². The second kappa shape index (κ2) is 8.58. The molecule has 0 amide bonds. The van der Waals surface area contributed by atoms with Crippen molar-refractivity contribution in [3.05, 3.63) is 11.8 Å². The molecule has 0 spiro atoms. The van der Waals surface area contributed by atoms with Crippen LogP contribution in [-0.2, 0) is 4.74 Å². The van der Waals surface area contributed by atoms with E-state index in [9.17, 15) is 0 Å². The van der Waals surface area contributed by atoms with Crippen LogP contribution in [0.25, 0.3) is 0 Å². The first kappa shape index (κ1) is 17.4. The molecule has 1 unspecified atom stereocenters. The fourth-order valence-corrected chi connectivity index (χ4v) is 5.56. The first-order valence-corrected chi connectivity index (χ1v) is 10.6. The van der Waals surface area contributed by atoms with Crippen LogP contribution in [0.1, 0.15) is 97.3 Å². The zero-order chi connectivity index (χ0) is 16.1. The summed E-state index contributed by atoms with van der Waals surface area (Å²) in [6.07, 6.45) is 21.2. The highest BCUT2D eigenvalue weighted by Gasteiger charge is 2.32. The molecule has 0 bridgehead atoms. The summed E-state index contributed by atoms with van der Waals surface area (Å²) < 4.78 is 5.91. The van der Waals surface area contributed by atoms with Crippen molar-refractivity contribution in [3.63, 3.8) is 0 Å². The van der Waals surface area contributed by atoms with E-state index in [-0.39, 0.29) is 0 Å². The largest absolute Gasteiger partial charge is 0.498 e. The maximum atomic E-state index is 5.91. The molecule has 0 aromatic rings. The summed E-state index contributed by atoms with van der Waals surface area (Å²) in [4.78, 5) is 0. The number of hydrogen-bond acceptors (Lipinski definition) is 1. The summed E-state index contributed by atoms with van der Waals surface area (Å²) in [5.74, 6) is 4.01. The average molecular weight is 319 g/mol. The van der Waals surface area contributed by atoms with Crippen LogP contribution < -0.4 is 0 Å². The van der Waals surface area contributed by atoms with Crippen LogP contribution in [0.2, 0.25) is 0 Å². The van der Waals surface area contributed by atoms with Crippen molar-refractivity contribution in [1.82, 2.24) is 0 Å². The van der Waals surface area contributed by atoms with Gasteiger partial charge in [-0.2, -0.15) is 0 Å². The van der Waals surface area contributed by atoms with E-state index in [1.165, 1.54) is 77.0 Å². The van der Waals surface area contributed by atoms with Crippen LogP contribution >= 0.6 is 0 Å². The summed E-state index contributed by atoms with van der Waals surface area (Å²) in [7, 11) is 0. The molecule has 3 aliphatic rings. The molecule has 0 N–H and O–H groups in total. The molecule has 0 aromatic heterocycles. The normalized spacial score (nSPS) is 38.7. The fraction of sp³-hybridized carbons (Fsp3) is 0.909. The van der Waals surface area contributed by atoms with Gasteiger partial charge < -0.3 is 4.74 Å². The lowest BCUT2D eigenvalue weighted by molar-refractivity contribution is 0.104. The fourth-order valence-electron chi connectivity index (χ4n) is 5.56. The molecule has 2 saturated carbocycles. The topological polar surface area (TPSA) is 9.23 Å². The SMILES string of the molecule is CCCC1CCC(C2CCC(C3=COC(CC)CC3)CC2)CC1. The van der Waals surface area contributed by atoms with Gasteiger partial charge in [-0.05, 0) is 87.0 Å². The van der Waals surface area contributed by atoms with Gasteiger partial charge in [-0.25, -0.2) is 0 Å². The van der Waals surface area contributed by atoms with Gasteiger partial charge in [0.05, 0.1) is 12.4 Å². The maximum absolute atomic E-state index is 5.91. The first-order chi connectivity index (χ1) is 11.3. The molecule has 1 nitrogen and oxygen atoms in total. The highest BCUT2D eigenvalue weighted by molar-refractivity contribution is 5.08. The van der Waals surface area contributed by atoms with Crippen molar-refractivity contribution < 1.29 is 4.74 Å². The van der Waals surface area contributed by atoms with Crippen LogP contribution in [0.3, 0.4) is 0 Å². The van der Waals surface area contributed by atoms with Crippen molar-refractivity contribution in [2.75, 3.05) is 0 Å². The third-order valence-corrected chi connectivity index (χ3v) is 7.17. The predicted molar refractivity (Wildman–Crippen MR) is 98.3 cm³/mol. The van der Waals surface area contributed by atoms with Crippen LogP contribution in [0.4, 0.5) is 0 Å². The summed E-state index contributed by atoms with van der Waals surface area (Å²) in [6.45, 7) is 4.59. The minimum atomic E-state index is 0.494. The third kappa shape index (κ3) is 4.54. The lowest BCUT2D eigenvalue weighted by Gasteiger charge is -2.39. The minimum absolute atomic E-state index is 0.494. The van der Waals surface area contributed by atoms with Gasteiger partial charge in [0.15, 0.2) is 0 Å². The molecule has 132 valence electrons. The molecule has 0 aromatic carbocycles. The second-order valence-electron chi connectivity index (χ2n) is 8.58. The second-order valence-corrected chi connectivity index (χ2v) is 8.58. The third-order valence-electron chi connectivity index (χ3n) is 7.17. The molecule has 1 aliphatic heterocycles. The van der Waals surface area contributed by atoms with E-state index < -0.39 is 0 Å². The smallest absolute Gasteiger partial charge is 0.0978 e. The Hall–Kier alpha value is -0.460. The Labute approximate surface area is 144 Å². The lowest BCUT2D eigenvalue weighted by Crippen LogP contribution is -2.27. The molecule has 1 heterocycles. The van der Waals surface area contributed by atoms with E-state index in [0.717, 1.165) is 30.1 Å². The highest BCUT2D eigenvalue weighted by atomic mass is 16.5. The number of rotatable bonds is 5. The maximum Gasteiger partial charge on any atom is 0.0978 e. The van der Waals surface area contributed by atoms with E-state index in [1.807, 2.05) is 0 Å². The van der Waals surface area contributed by atoms with Crippen LogP contribution in [0, 0.1) is 23.7 Å². The van der Waals surface area contributed by atoms with Gasteiger partial charge in [0.25, 0.3) is 0 Å². The summed E-state index contributed by atoms with van der Waals surface area (Å²) in [6, 6.07) is 0. The molecule has 1 atom stereocenters. The van der Waals surface area contributed by atoms with Gasteiger partial charge in [0.1, 0.15) is 0 Å². The molecule has 0 saturated heterocycles. The summed E-state index contributed by atoms with van der Waals surface area (Å²) in [5.41, 5.74) is 1.64. The van der Waals surface area contributed by atoms with E-state index in [1.54, 1.807) is 5.57 Å². The van der Waals surface area contributed by atoms with E-state index in [0.29, 0.717) is 6.10 Å². The van der Waals surface area contributed by atoms with Gasteiger partial charge in [-0.1, -0.05) is 39.5 Å². The quantitative estimate of drug-likeness (QED) is 0.537. The monoisotopic (exact) mass is 318 g/mol. The average Bonchev–Trinajstić information content (AvgIpc) is 2.63. The molecule has 2 fully saturated rings. The molecular formula is C22H38O. The summed E-state index contributed by atoms with van der Waals surface area (Å²) >= 11 is 0. The highest BCUT2D eigenvalue weighted by Crippen LogP contribution is 2.44. The molecule has 2 aliphatic carbocycles. The molecule has 1 heteroatoms. The Kier molecular flexibility index (Phi) is 6.48. The van der Waals surface area contributed by atoms with Crippen molar-refractivity contribution in [2.24, 2.45) is 23.7 Å². The zero-order valence-corrected chi connectivity index (χ0v) is 15.6. The zero-order valence-electron chi connectivity index (χ0n) is 15.6. The van der Waals surface area contributed by atoms with Crippen LogP contribution in [0.5, 0.6) is 0 Å². The first-order valence-electron chi connectivity index (χ1n) is 10.6. The Bertz CT molecular complexity index is 369. The van der Waals surface area contributed by atoms with Crippen molar-refractivity contribution >= 4 is 0 Å². The van der Waals surface area contributed by atoms with Gasteiger partial charge in [0.2, 0.25) is 0 Å². The van der Waals surface area contributed by atoms with Crippen molar-refractivity contribution in [1.29, 1.82) is 0 Å². The number of hydrogen-bond donors (Lipinski definition) is 0. The van der Waals surface area contributed by atoms with E-state index in [2.05, 4.69) is 20.1 Å². The van der Waals surface area contributed by atoms with Crippen LogP contribution in [-0.4, -0.2) is 6.10 Å². The standard InChI is InChI=1S/C22H38O/c1-3-5-17-6-8-18(9-7-17)19-10-12-20(13-11-19)21-14-15-22(4-2)23-16-21/h16-20,22H,3-15H2,1-2H3. The Morgan fingerprint density at radius 2 is 1.52 bits per heavy atom. The predicted octanol–water partition coefficient (Wildman–Crippen LogP) is 6.87. The molecule has 3 rings (SSSR count). The molecule has 0 radical (unpaired) electrons. The van der Waals surface area contributed by atoms with Gasteiger partial charge in [-0.15, -0.1) is 0 Å². The van der Waals surface area contributed by atoms with Gasteiger partial charge in [0, 0.05) is 0 Å². The van der Waals surface area contributed by atoms with Crippen molar-refractivity contribution in [3.8, 4) is 0 Å². The van der Waals surface area contributed by atoms with Gasteiger partial charge in [-0.3, -0.25) is 0 Å². The summed E-state index contributed by atoms with van der Waals surface area (Å²) in [5, 5.41) is 0. The van der Waals surface area contributed by atoms with Crippen LogP contribution in [0.15, 0.2) is 11.8 Å². The molecule has 23 heavy (non-hydrogen) atoms. The lowest BCUT2D eigenvalue weighted by atomic mass is 9.67. The number of ether oxygens (including phenoxy) is 1. The Morgan fingerprint density at radius 1 is 0.870 bits per heavy atom. The Balaban J connectivity index is 1.42.